The Morgan fingerprint density at radius 2 is 2.35 bits per heavy atom. The minimum Gasteiger partial charge on any atom is -0.383 e. The number of sulfonamides is 1. The van der Waals surface area contributed by atoms with Crippen molar-refractivity contribution in [1.29, 1.82) is 0 Å². The lowest BCUT2D eigenvalue weighted by Crippen LogP contribution is -2.42. The molecule has 0 bridgehead atoms. The molecule has 1 unspecified atom stereocenters. The highest BCUT2D eigenvalue weighted by molar-refractivity contribution is 7.91. The summed E-state index contributed by atoms with van der Waals surface area (Å²) in [5.41, 5.74) is 0. The van der Waals surface area contributed by atoms with Crippen LogP contribution in [0, 0.1) is 0 Å². The molecule has 0 radical (unpaired) electrons. The van der Waals surface area contributed by atoms with Gasteiger partial charge in [-0.05, 0) is 31.5 Å². The number of halogens is 1. The first-order valence-electron chi connectivity index (χ1n) is 6.52. The second-order valence-corrected chi connectivity index (χ2v) is 8.59. The molecule has 114 valence electrons. The van der Waals surface area contributed by atoms with Crippen LogP contribution < -0.4 is 5.32 Å². The average Bonchev–Trinajstić information content (AvgIpc) is 3.05. The van der Waals surface area contributed by atoms with Crippen molar-refractivity contribution < 1.29 is 13.2 Å². The highest BCUT2D eigenvalue weighted by Gasteiger charge is 2.29. The standard InChI is InChI=1S/C12H19ClN2O3S2/c1-18-8-7-15(9-10-3-2-6-14-10)20(16,17)12-5-4-11(13)19-12/h4-5,10,14H,2-3,6-9H2,1H3. The van der Waals surface area contributed by atoms with E-state index in [2.05, 4.69) is 5.32 Å². The van der Waals surface area contributed by atoms with Gasteiger partial charge >= 0.3 is 0 Å². The Morgan fingerprint density at radius 3 is 2.90 bits per heavy atom. The van der Waals surface area contributed by atoms with Gasteiger partial charge in [0.15, 0.2) is 0 Å². The highest BCUT2D eigenvalue weighted by Crippen LogP contribution is 2.28. The topological polar surface area (TPSA) is 58.6 Å². The Labute approximate surface area is 128 Å². The summed E-state index contributed by atoms with van der Waals surface area (Å²) < 4.78 is 32.5. The van der Waals surface area contributed by atoms with Crippen LogP contribution in [-0.4, -0.2) is 52.1 Å². The van der Waals surface area contributed by atoms with Gasteiger partial charge in [0.25, 0.3) is 10.0 Å². The van der Waals surface area contributed by atoms with E-state index in [1.807, 2.05) is 0 Å². The molecule has 20 heavy (non-hydrogen) atoms. The predicted octanol–water partition coefficient (Wildman–Crippen LogP) is 1.79. The summed E-state index contributed by atoms with van der Waals surface area (Å²) in [5.74, 6) is 0. The van der Waals surface area contributed by atoms with Gasteiger partial charge in [0.05, 0.1) is 10.9 Å². The average molecular weight is 339 g/mol. The van der Waals surface area contributed by atoms with Crippen molar-refractivity contribution in [3.63, 3.8) is 0 Å². The zero-order chi connectivity index (χ0) is 14.6. The number of hydrogen-bond acceptors (Lipinski definition) is 5. The third-order valence-corrected chi connectivity index (χ3v) is 6.84. The quantitative estimate of drug-likeness (QED) is 0.823. The second-order valence-electron chi connectivity index (χ2n) is 4.71. The fourth-order valence-corrected chi connectivity index (χ4v) is 5.33. The molecule has 0 aromatic carbocycles. The Balaban J connectivity index is 2.15. The van der Waals surface area contributed by atoms with Crippen molar-refractivity contribution in [2.24, 2.45) is 0 Å². The molecule has 8 heteroatoms. The number of nitrogens with one attached hydrogen (secondary N) is 1. The van der Waals surface area contributed by atoms with Gasteiger partial charge in [0.1, 0.15) is 4.21 Å². The second kappa shape index (κ2) is 7.20. The van der Waals surface area contributed by atoms with Crippen LogP contribution in [0.1, 0.15) is 12.8 Å². The van der Waals surface area contributed by atoms with E-state index < -0.39 is 10.0 Å². The van der Waals surface area contributed by atoms with Crippen LogP contribution in [-0.2, 0) is 14.8 Å². The molecule has 0 aliphatic carbocycles. The van der Waals surface area contributed by atoms with Crippen LogP contribution in [0.25, 0.3) is 0 Å². The first-order valence-corrected chi connectivity index (χ1v) is 9.15. The summed E-state index contributed by atoms with van der Waals surface area (Å²) in [6.45, 7) is 2.16. The van der Waals surface area contributed by atoms with Gasteiger partial charge in [-0.25, -0.2) is 8.42 Å². The molecule has 1 N–H and O–H groups in total. The monoisotopic (exact) mass is 338 g/mol. The molecule has 0 amide bonds. The van der Waals surface area contributed by atoms with E-state index in [1.165, 1.54) is 4.31 Å². The largest absolute Gasteiger partial charge is 0.383 e. The molecule has 1 aromatic rings. The molecule has 5 nitrogen and oxygen atoms in total. The number of thiophene rings is 1. The Hall–Kier alpha value is -0.180. The van der Waals surface area contributed by atoms with E-state index in [9.17, 15) is 8.42 Å². The van der Waals surface area contributed by atoms with Gasteiger partial charge in [-0.3, -0.25) is 0 Å². The lowest BCUT2D eigenvalue weighted by Gasteiger charge is -2.24. The molecule has 1 saturated heterocycles. The van der Waals surface area contributed by atoms with Gasteiger partial charge in [-0.2, -0.15) is 4.31 Å². The van der Waals surface area contributed by atoms with Crippen molar-refractivity contribution in [3.8, 4) is 0 Å². The van der Waals surface area contributed by atoms with E-state index in [4.69, 9.17) is 16.3 Å². The lowest BCUT2D eigenvalue weighted by molar-refractivity contribution is 0.176. The molecule has 1 aliphatic rings. The van der Waals surface area contributed by atoms with Crippen molar-refractivity contribution in [2.45, 2.75) is 23.1 Å². The maximum absolute atomic E-state index is 12.6. The maximum Gasteiger partial charge on any atom is 0.252 e. The van der Waals surface area contributed by atoms with E-state index in [0.717, 1.165) is 30.7 Å². The summed E-state index contributed by atoms with van der Waals surface area (Å²) >= 11 is 6.93. The van der Waals surface area contributed by atoms with Crippen molar-refractivity contribution >= 4 is 33.0 Å². The van der Waals surface area contributed by atoms with Crippen molar-refractivity contribution in [1.82, 2.24) is 9.62 Å². The van der Waals surface area contributed by atoms with Crippen LogP contribution in [0.15, 0.2) is 16.3 Å². The van der Waals surface area contributed by atoms with Gasteiger partial charge in [-0.15, -0.1) is 11.3 Å². The van der Waals surface area contributed by atoms with Gasteiger partial charge in [-0.1, -0.05) is 11.6 Å². The zero-order valence-corrected chi connectivity index (χ0v) is 13.7. The van der Waals surface area contributed by atoms with Gasteiger partial charge < -0.3 is 10.1 Å². The summed E-state index contributed by atoms with van der Waals surface area (Å²) in [7, 11) is -1.92. The van der Waals surface area contributed by atoms with Crippen molar-refractivity contribution in [3.05, 3.63) is 16.5 Å². The highest BCUT2D eigenvalue weighted by atomic mass is 35.5. The van der Waals surface area contributed by atoms with E-state index >= 15 is 0 Å². The summed E-state index contributed by atoms with van der Waals surface area (Å²) in [6.07, 6.45) is 2.10. The first-order chi connectivity index (χ1) is 9.54. The number of nitrogens with zero attached hydrogens (tertiary/aromatic N) is 1. The smallest absolute Gasteiger partial charge is 0.252 e. The van der Waals surface area contributed by atoms with E-state index in [1.54, 1.807) is 19.2 Å². The molecule has 1 aromatic heterocycles. The molecule has 1 atom stereocenters. The van der Waals surface area contributed by atoms with E-state index in [-0.39, 0.29) is 10.3 Å². The fourth-order valence-electron chi connectivity index (χ4n) is 2.22. The molecule has 1 aliphatic heterocycles. The number of hydrogen-bond donors (Lipinski definition) is 1. The fraction of sp³-hybridized carbons (Fsp3) is 0.667. The Kier molecular flexibility index (Phi) is 5.83. The lowest BCUT2D eigenvalue weighted by atomic mass is 10.2. The van der Waals surface area contributed by atoms with Crippen LogP contribution in [0.2, 0.25) is 4.34 Å². The Morgan fingerprint density at radius 1 is 1.55 bits per heavy atom. The third kappa shape index (κ3) is 3.93. The molecule has 2 heterocycles. The van der Waals surface area contributed by atoms with Gasteiger partial charge in [0, 0.05) is 26.2 Å². The van der Waals surface area contributed by atoms with Crippen LogP contribution in [0.5, 0.6) is 0 Å². The maximum atomic E-state index is 12.6. The van der Waals surface area contributed by atoms with Crippen molar-refractivity contribution in [2.75, 3.05) is 33.4 Å². The SMILES string of the molecule is COCCN(CC1CCCN1)S(=O)(=O)c1ccc(Cl)s1. The zero-order valence-electron chi connectivity index (χ0n) is 11.3. The number of rotatable bonds is 7. The van der Waals surface area contributed by atoms with Crippen LogP contribution in [0.4, 0.5) is 0 Å². The minimum absolute atomic E-state index is 0.220. The normalized spacial score (nSPS) is 19.9. The molecule has 1 fully saturated rings. The summed E-state index contributed by atoms with van der Waals surface area (Å²) in [6, 6.07) is 3.39. The predicted molar refractivity (Wildman–Crippen MR) is 81.0 cm³/mol. The molecule has 2 rings (SSSR count). The number of ether oxygens (including phenoxy) is 1. The van der Waals surface area contributed by atoms with Crippen LogP contribution >= 0.6 is 22.9 Å². The van der Waals surface area contributed by atoms with E-state index in [0.29, 0.717) is 24.0 Å². The number of methoxy groups -OCH3 is 1. The molecule has 0 saturated carbocycles. The minimum atomic E-state index is -3.49. The summed E-state index contributed by atoms with van der Waals surface area (Å²) in [4.78, 5) is 0. The molecular formula is C12H19ClN2O3S2. The molecular weight excluding hydrogens is 320 g/mol. The first kappa shape index (κ1) is 16.2. The van der Waals surface area contributed by atoms with Gasteiger partial charge in [0.2, 0.25) is 0 Å². The Bertz CT molecular complexity index is 527. The summed E-state index contributed by atoms with van der Waals surface area (Å²) in [5, 5.41) is 3.32. The third-order valence-electron chi connectivity index (χ3n) is 3.27. The molecule has 0 spiro atoms. The van der Waals surface area contributed by atoms with Crippen LogP contribution in [0.3, 0.4) is 0 Å².